The number of hydrogen-bond donors (Lipinski definition) is 0. The average molecular weight is 355 g/mol. The van der Waals surface area contributed by atoms with E-state index in [1.807, 2.05) is 0 Å². The molecule has 0 heterocycles. The summed E-state index contributed by atoms with van der Waals surface area (Å²) in [5, 5.41) is 3.99. The van der Waals surface area contributed by atoms with Gasteiger partial charge in [0.15, 0.2) is 6.61 Å². The highest BCUT2D eigenvalue weighted by Gasteiger charge is 2.33. The predicted molar refractivity (Wildman–Crippen MR) is 79.8 cm³/mol. The van der Waals surface area contributed by atoms with Gasteiger partial charge in [-0.15, -0.1) is 6.42 Å². The minimum atomic E-state index is -2.19. The van der Waals surface area contributed by atoms with Crippen molar-refractivity contribution in [2.75, 3.05) is 6.61 Å². The van der Waals surface area contributed by atoms with Crippen LogP contribution in [0.4, 0.5) is 0 Å². The summed E-state index contributed by atoms with van der Waals surface area (Å²) in [6, 6.07) is 4.42. The molecule has 0 saturated carbocycles. The second-order valence-electron chi connectivity index (χ2n) is 3.28. The van der Waals surface area contributed by atoms with Crippen LogP contribution in [-0.4, -0.2) is 22.6 Å². The molecule has 0 aliphatic carbocycles. The topological polar surface area (TPSA) is 47.9 Å². The zero-order valence-corrected chi connectivity index (χ0v) is 12.8. The minimum absolute atomic E-state index is 0.000335. The molecule has 0 aliphatic heterocycles. The second kappa shape index (κ2) is 7.61. The van der Waals surface area contributed by atoms with Gasteiger partial charge in [0.25, 0.3) is 3.79 Å². The summed E-state index contributed by atoms with van der Waals surface area (Å²) < 4.78 is 2.75. The van der Waals surface area contributed by atoms with E-state index in [9.17, 15) is 4.79 Å². The van der Waals surface area contributed by atoms with Crippen molar-refractivity contribution >= 4 is 58.6 Å². The Balaban J connectivity index is 2.94. The molecule has 8 heteroatoms. The Morgan fingerprint density at radius 2 is 2.15 bits per heavy atom. The highest BCUT2D eigenvalue weighted by Crippen LogP contribution is 2.30. The van der Waals surface area contributed by atoms with Crippen LogP contribution in [0.2, 0.25) is 5.02 Å². The van der Waals surface area contributed by atoms with E-state index in [0.717, 1.165) is 0 Å². The van der Waals surface area contributed by atoms with Gasteiger partial charge in [0.2, 0.25) is 0 Å². The van der Waals surface area contributed by atoms with E-state index in [4.69, 9.17) is 62.4 Å². The lowest BCUT2D eigenvalue weighted by atomic mass is 10.2. The molecule has 0 fully saturated rings. The quantitative estimate of drug-likeness (QED) is 0.158. The molecule has 0 spiro atoms. The van der Waals surface area contributed by atoms with E-state index >= 15 is 0 Å². The number of halogens is 4. The molecular weight excluding hydrogens is 348 g/mol. The first kappa shape index (κ1) is 16.9. The molecule has 0 saturated heterocycles. The maximum absolute atomic E-state index is 11.5. The molecule has 1 aromatic carbocycles. The third kappa shape index (κ3) is 5.48. The molecule has 1 aromatic rings. The van der Waals surface area contributed by atoms with Crippen molar-refractivity contribution < 1.29 is 14.4 Å². The van der Waals surface area contributed by atoms with Crippen LogP contribution in [0.5, 0.6) is 5.75 Å². The monoisotopic (exact) mass is 353 g/mol. The maximum atomic E-state index is 11.5. The summed E-state index contributed by atoms with van der Waals surface area (Å²) in [5.41, 5.74) is 0.358. The smallest absolute Gasteiger partial charge is 0.363 e. The largest absolute Gasteiger partial charge is 0.423 e. The third-order valence-corrected chi connectivity index (χ3v) is 2.52. The van der Waals surface area contributed by atoms with Crippen LogP contribution in [0.15, 0.2) is 23.4 Å². The minimum Gasteiger partial charge on any atom is -0.423 e. The Kier molecular flexibility index (Phi) is 6.44. The standard InChI is InChI=1S/C12H7Cl4NO3/c1-2-5-19-17-7-8-6-9(13)3-4-10(8)20-11(18)12(14,15)16/h1,3-4,6-7H,5H2. The third-order valence-electron chi connectivity index (χ3n) is 1.82. The molecule has 0 aromatic heterocycles. The van der Waals surface area contributed by atoms with Gasteiger partial charge in [-0.1, -0.05) is 57.5 Å². The maximum Gasteiger partial charge on any atom is 0.363 e. The molecule has 106 valence electrons. The molecule has 0 atom stereocenters. The Labute approximate surface area is 135 Å². The van der Waals surface area contributed by atoms with Gasteiger partial charge in [-0.05, 0) is 18.2 Å². The molecule has 0 aliphatic rings. The molecule has 1 rings (SSSR count). The van der Waals surface area contributed by atoms with Gasteiger partial charge in [-0.3, -0.25) is 0 Å². The first-order valence-corrected chi connectivity index (χ1v) is 6.53. The summed E-state index contributed by atoms with van der Waals surface area (Å²) in [5.74, 6) is 1.29. The zero-order valence-electron chi connectivity index (χ0n) is 9.78. The number of terminal acetylenes is 1. The van der Waals surface area contributed by atoms with Gasteiger partial charge in [0, 0.05) is 10.6 Å². The Bertz CT molecular complexity index is 561. The first-order valence-electron chi connectivity index (χ1n) is 5.02. The Morgan fingerprint density at radius 1 is 1.45 bits per heavy atom. The van der Waals surface area contributed by atoms with Crippen LogP contribution in [0.25, 0.3) is 0 Å². The number of alkyl halides is 3. The van der Waals surface area contributed by atoms with E-state index in [-0.39, 0.29) is 12.4 Å². The number of hydrogen-bond acceptors (Lipinski definition) is 4. The number of rotatable bonds is 4. The fourth-order valence-electron chi connectivity index (χ4n) is 1.04. The molecule has 0 bridgehead atoms. The van der Waals surface area contributed by atoms with Crippen LogP contribution in [-0.2, 0) is 9.63 Å². The van der Waals surface area contributed by atoms with Crippen molar-refractivity contribution in [1.82, 2.24) is 0 Å². The van der Waals surface area contributed by atoms with Crippen LogP contribution in [0.3, 0.4) is 0 Å². The Hall–Kier alpha value is -1.12. The highest BCUT2D eigenvalue weighted by molar-refractivity contribution is 6.75. The lowest BCUT2D eigenvalue weighted by Crippen LogP contribution is -2.25. The van der Waals surface area contributed by atoms with E-state index in [0.29, 0.717) is 10.6 Å². The van der Waals surface area contributed by atoms with E-state index in [2.05, 4.69) is 11.1 Å². The number of benzene rings is 1. The SMILES string of the molecule is C#CCON=Cc1cc(Cl)ccc1OC(=O)C(Cl)(Cl)Cl. The Morgan fingerprint density at radius 3 is 2.75 bits per heavy atom. The van der Waals surface area contributed by atoms with Gasteiger partial charge < -0.3 is 9.57 Å². The van der Waals surface area contributed by atoms with E-state index in [1.54, 1.807) is 0 Å². The van der Waals surface area contributed by atoms with Crippen molar-refractivity contribution in [3.05, 3.63) is 28.8 Å². The van der Waals surface area contributed by atoms with Crippen LogP contribution in [0.1, 0.15) is 5.56 Å². The molecule has 0 amide bonds. The van der Waals surface area contributed by atoms with Gasteiger partial charge >= 0.3 is 5.97 Å². The summed E-state index contributed by atoms with van der Waals surface area (Å²) in [7, 11) is 0. The number of oxime groups is 1. The van der Waals surface area contributed by atoms with E-state index < -0.39 is 9.76 Å². The lowest BCUT2D eigenvalue weighted by Gasteiger charge is -2.12. The van der Waals surface area contributed by atoms with Crippen LogP contribution in [0, 0.1) is 12.3 Å². The van der Waals surface area contributed by atoms with Gasteiger partial charge in [0.05, 0.1) is 6.21 Å². The molecule has 0 unspecified atom stereocenters. The first-order chi connectivity index (χ1) is 9.34. The highest BCUT2D eigenvalue weighted by atomic mass is 35.6. The van der Waals surface area contributed by atoms with Gasteiger partial charge in [-0.25, -0.2) is 4.79 Å². The second-order valence-corrected chi connectivity index (χ2v) is 6.00. The van der Waals surface area contributed by atoms with Crippen LogP contribution >= 0.6 is 46.4 Å². The summed E-state index contributed by atoms with van der Waals surface area (Å²) in [6.45, 7) is 0.000335. The number of nitrogens with zero attached hydrogens (tertiary/aromatic N) is 1. The normalized spacial score (nSPS) is 11.2. The van der Waals surface area contributed by atoms with Crippen molar-refractivity contribution in [1.29, 1.82) is 0 Å². The van der Waals surface area contributed by atoms with Crippen molar-refractivity contribution in [2.24, 2.45) is 5.16 Å². The fourth-order valence-corrected chi connectivity index (χ4v) is 1.34. The number of carbonyl (C=O) groups excluding carboxylic acids is 1. The summed E-state index contributed by atoms with van der Waals surface area (Å²) >= 11 is 22.1. The number of esters is 1. The molecule has 20 heavy (non-hydrogen) atoms. The van der Waals surface area contributed by atoms with E-state index in [1.165, 1.54) is 24.4 Å². The fraction of sp³-hybridized carbons (Fsp3) is 0.167. The van der Waals surface area contributed by atoms with Crippen molar-refractivity contribution in [3.63, 3.8) is 0 Å². The van der Waals surface area contributed by atoms with Crippen molar-refractivity contribution in [3.8, 4) is 18.1 Å². The average Bonchev–Trinajstić information content (AvgIpc) is 2.36. The van der Waals surface area contributed by atoms with Gasteiger partial charge in [-0.2, -0.15) is 0 Å². The number of carbonyl (C=O) groups is 1. The molecule has 0 radical (unpaired) electrons. The molecular formula is C12H7Cl4NO3. The predicted octanol–water partition coefficient (Wildman–Crippen LogP) is 3.60. The summed E-state index contributed by atoms with van der Waals surface area (Å²) in [4.78, 5) is 16.2. The molecule has 4 nitrogen and oxygen atoms in total. The van der Waals surface area contributed by atoms with Crippen LogP contribution < -0.4 is 4.74 Å². The summed E-state index contributed by atoms with van der Waals surface area (Å²) in [6.07, 6.45) is 6.26. The van der Waals surface area contributed by atoms with Gasteiger partial charge in [0.1, 0.15) is 5.75 Å². The molecule has 0 N–H and O–H groups in total. The van der Waals surface area contributed by atoms with Crippen molar-refractivity contribution in [2.45, 2.75) is 3.79 Å². The zero-order chi connectivity index (χ0) is 15.2. The lowest BCUT2D eigenvalue weighted by molar-refractivity contribution is -0.133. The number of ether oxygens (including phenoxy) is 1.